The minimum absolute atomic E-state index is 0. The van der Waals surface area contributed by atoms with E-state index in [9.17, 15) is 13.6 Å². The van der Waals surface area contributed by atoms with E-state index in [1.807, 2.05) is 11.8 Å². The molecule has 0 radical (unpaired) electrons. The third-order valence-electron chi connectivity index (χ3n) is 4.98. The van der Waals surface area contributed by atoms with Crippen LogP contribution < -0.4 is 5.73 Å². The molecule has 2 N–H and O–H groups in total. The molecule has 4 atom stereocenters. The van der Waals surface area contributed by atoms with E-state index in [1.54, 1.807) is 0 Å². The Labute approximate surface area is 141 Å². The van der Waals surface area contributed by atoms with Gasteiger partial charge in [0, 0.05) is 31.1 Å². The molecule has 1 aliphatic heterocycles. The normalized spacial score (nSPS) is 28.0. The lowest BCUT2D eigenvalue weighted by Crippen LogP contribution is -2.45. The van der Waals surface area contributed by atoms with E-state index in [0.29, 0.717) is 24.4 Å². The lowest BCUT2D eigenvalue weighted by Gasteiger charge is -2.34. The lowest BCUT2D eigenvalue weighted by atomic mass is 9.92. The van der Waals surface area contributed by atoms with Crippen molar-refractivity contribution < 1.29 is 13.6 Å². The second kappa shape index (κ2) is 7.14. The van der Waals surface area contributed by atoms with Crippen LogP contribution >= 0.6 is 12.4 Å². The van der Waals surface area contributed by atoms with E-state index in [2.05, 4.69) is 0 Å². The van der Waals surface area contributed by atoms with Gasteiger partial charge in [-0.25, -0.2) is 8.78 Å². The number of halogens is 3. The molecule has 23 heavy (non-hydrogen) atoms. The van der Waals surface area contributed by atoms with Crippen molar-refractivity contribution >= 4 is 18.3 Å². The van der Waals surface area contributed by atoms with E-state index < -0.39 is 11.6 Å². The second-order valence-electron chi connectivity index (χ2n) is 6.66. The molecular weight excluding hydrogens is 322 g/mol. The molecule has 1 saturated heterocycles. The molecule has 1 heterocycles. The van der Waals surface area contributed by atoms with Gasteiger partial charge in [0.1, 0.15) is 11.6 Å². The number of benzene rings is 1. The molecule has 3 rings (SSSR count). The smallest absolute Gasteiger partial charge is 0.226 e. The number of nitrogens with zero attached hydrogens (tertiary/aromatic N) is 1. The SMILES string of the molecule is CC(N)C1CCCN(C(=O)C2CC2c2ccc(F)cc2F)C1.Cl. The van der Waals surface area contributed by atoms with Crippen LogP contribution in [0.3, 0.4) is 0 Å². The molecule has 128 valence electrons. The van der Waals surface area contributed by atoms with E-state index in [-0.39, 0.29) is 36.2 Å². The van der Waals surface area contributed by atoms with Crippen LogP contribution in [0.1, 0.15) is 37.7 Å². The summed E-state index contributed by atoms with van der Waals surface area (Å²) < 4.78 is 26.8. The average molecular weight is 345 g/mol. The van der Waals surface area contributed by atoms with Crippen molar-refractivity contribution in [2.75, 3.05) is 13.1 Å². The Morgan fingerprint density at radius 1 is 1.39 bits per heavy atom. The maximum absolute atomic E-state index is 13.8. The van der Waals surface area contributed by atoms with E-state index in [4.69, 9.17) is 5.73 Å². The summed E-state index contributed by atoms with van der Waals surface area (Å²) in [7, 11) is 0. The fourth-order valence-corrected chi connectivity index (χ4v) is 3.49. The van der Waals surface area contributed by atoms with Crippen LogP contribution in [0.2, 0.25) is 0 Å². The standard InChI is InChI=1S/C17H22F2N2O.ClH/c1-10(20)11-3-2-6-21(9-11)17(22)15-8-14(15)13-5-4-12(18)7-16(13)19;/h4-5,7,10-11,14-15H,2-3,6,8-9,20H2,1H3;1H. The largest absolute Gasteiger partial charge is 0.342 e. The van der Waals surface area contributed by atoms with Crippen LogP contribution in [-0.2, 0) is 4.79 Å². The van der Waals surface area contributed by atoms with E-state index in [0.717, 1.165) is 25.5 Å². The number of hydrogen-bond donors (Lipinski definition) is 1. The van der Waals surface area contributed by atoms with Gasteiger partial charge in [0.15, 0.2) is 0 Å². The topological polar surface area (TPSA) is 46.3 Å². The predicted molar refractivity (Wildman–Crippen MR) is 87.4 cm³/mol. The molecule has 0 bridgehead atoms. The molecule has 2 fully saturated rings. The highest BCUT2D eigenvalue weighted by molar-refractivity contribution is 5.85. The Morgan fingerprint density at radius 3 is 2.78 bits per heavy atom. The van der Waals surface area contributed by atoms with Gasteiger partial charge in [-0.2, -0.15) is 0 Å². The van der Waals surface area contributed by atoms with Gasteiger partial charge in [-0.05, 0) is 49.7 Å². The molecule has 1 aromatic rings. The number of piperidine rings is 1. The number of rotatable bonds is 3. The fraction of sp³-hybridized carbons (Fsp3) is 0.588. The molecule has 1 aromatic carbocycles. The Bertz CT molecular complexity index is 582. The summed E-state index contributed by atoms with van der Waals surface area (Å²) in [6, 6.07) is 3.69. The summed E-state index contributed by atoms with van der Waals surface area (Å²) in [5.74, 6) is -0.958. The number of carbonyl (C=O) groups is 1. The van der Waals surface area contributed by atoms with Crippen LogP contribution in [-0.4, -0.2) is 29.9 Å². The van der Waals surface area contributed by atoms with Crippen LogP contribution in [0.5, 0.6) is 0 Å². The summed E-state index contributed by atoms with van der Waals surface area (Å²) in [6.45, 7) is 3.44. The Balaban J connectivity index is 0.00000192. The van der Waals surface area contributed by atoms with Crippen LogP contribution in [0.15, 0.2) is 18.2 Å². The highest BCUT2D eigenvalue weighted by atomic mass is 35.5. The van der Waals surface area contributed by atoms with E-state index >= 15 is 0 Å². The first-order chi connectivity index (χ1) is 10.5. The highest BCUT2D eigenvalue weighted by Gasteiger charge is 2.47. The summed E-state index contributed by atoms with van der Waals surface area (Å²) in [4.78, 5) is 14.5. The first-order valence-corrected chi connectivity index (χ1v) is 7.96. The second-order valence-corrected chi connectivity index (χ2v) is 6.66. The molecule has 1 aliphatic carbocycles. The van der Waals surface area contributed by atoms with Gasteiger partial charge in [-0.1, -0.05) is 6.07 Å². The molecule has 6 heteroatoms. The monoisotopic (exact) mass is 344 g/mol. The van der Waals surface area contributed by atoms with Gasteiger partial charge in [-0.15, -0.1) is 12.4 Å². The molecule has 3 nitrogen and oxygen atoms in total. The van der Waals surface area contributed by atoms with Crippen molar-refractivity contribution in [1.82, 2.24) is 4.90 Å². The van der Waals surface area contributed by atoms with Gasteiger partial charge >= 0.3 is 0 Å². The molecule has 2 aliphatic rings. The number of amides is 1. The summed E-state index contributed by atoms with van der Waals surface area (Å²) in [5, 5.41) is 0. The lowest BCUT2D eigenvalue weighted by molar-refractivity contribution is -0.134. The van der Waals surface area contributed by atoms with Gasteiger partial charge in [-0.3, -0.25) is 4.79 Å². The first kappa shape index (κ1) is 18.1. The van der Waals surface area contributed by atoms with Gasteiger partial charge in [0.25, 0.3) is 0 Å². The molecule has 4 unspecified atom stereocenters. The zero-order valence-corrected chi connectivity index (χ0v) is 14.0. The van der Waals surface area contributed by atoms with Crippen molar-refractivity contribution in [3.8, 4) is 0 Å². The van der Waals surface area contributed by atoms with Crippen LogP contribution in [0, 0.1) is 23.5 Å². The zero-order valence-electron chi connectivity index (χ0n) is 13.2. The average Bonchev–Trinajstić information content (AvgIpc) is 3.27. The zero-order chi connectivity index (χ0) is 15.9. The van der Waals surface area contributed by atoms with Gasteiger partial charge in [0.05, 0.1) is 0 Å². The molecule has 0 aromatic heterocycles. The van der Waals surface area contributed by atoms with Crippen molar-refractivity contribution in [1.29, 1.82) is 0 Å². The summed E-state index contributed by atoms with van der Waals surface area (Å²) in [6.07, 6.45) is 2.68. The van der Waals surface area contributed by atoms with Crippen molar-refractivity contribution in [3.63, 3.8) is 0 Å². The van der Waals surface area contributed by atoms with Crippen molar-refractivity contribution in [2.45, 2.75) is 38.1 Å². The number of likely N-dealkylation sites (tertiary alicyclic amines) is 1. The first-order valence-electron chi connectivity index (χ1n) is 7.96. The van der Waals surface area contributed by atoms with Crippen molar-refractivity contribution in [3.05, 3.63) is 35.4 Å². The maximum atomic E-state index is 13.8. The quantitative estimate of drug-likeness (QED) is 0.916. The number of hydrogen-bond acceptors (Lipinski definition) is 2. The van der Waals surface area contributed by atoms with Crippen LogP contribution in [0.25, 0.3) is 0 Å². The van der Waals surface area contributed by atoms with Gasteiger partial charge < -0.3 is 10.6 Å². The minimum Gasteiger partial charge on any atom is -0.342 e. The molecule has 1 amide bonds. The summed E-state index contributed by atoms with van der Waals surface area (Å²) in [5.41, 5.74) is 6.41. The number of nitrogens with two attached hydrogens (primary N) is 1. The highest BCUT2D eigenvalue weighted by Crippen LogP contribution is 2.49. The predicted octanol–water partition coefficient (Wildman–Crippen LogP) is 3.08. The summed E-state index contributed by atoms with van der Waals surface area (Å²) >= 11 is 0. The maximum Gasteiger partial charge on any atom is 0.226 e. The fourth-order valence-electron chi connectivity index (χ4n) is 3.49. The minimum atomic E-state index is -0.583. The Kier molecular flexibility index (Phi) is 5.63. The Morgan fingerprint density at radius 2 is 2.13 bits per heavy atom. The molecule has 1 saturated carbocycles. The molecular formula is C17H23ClF2N2O. The number of carbonyl (C=O) groups excluding carboxylic acids is 1. The van der Waals surface area contributed by atoms with Gasteiger partial charge in [0.2, 0.25) is 5.91 Å². The van der Waals surface area contributed by atoms with E-state index in [1.165, 1.54) is 12.1 Å². The van der Waals surface area contributed by atoms with Crippen LogP contribution in [0.4, 0.5) is 8.78 Å². The Hall–Kier alpha value is -1.20. The third-order valence-corrected chi connectivity index (χ3v) is 4.98. The van der Waals surface area contributed by atoms with Crippen molar-refractivity contribution in [2.24, 2.45) is 17.6 Å². The molecule has 0 spiro atoms. The third kappa shape index (κ3) is 3.83.